The average molecular weight is 533 g/mol. The van der Waals surface area contributed by atoms with Gasteiger partial charge in [0.1, 0.15) is 17.3 Å². The minimum Gasteiger partial charge on any atom is -0.493 e. The van der Waals surface area contributed by atoms with Crippen LogP contribution in [0.1, 0.15) is 5.56 Å². The molecule has 1 amide bonds. The molecule has 0 fully saturated rings. The molecule has 10 heteroatoms. The summed E-state index contributed by atoms with van der Waals surface area (Å²) in [7, 11) is 3.07. The molecular weight excluding hydrogens is 510 g/mol. The van der Waals surface area contributed by atoms with Crippen LogP contribution in [0.15, 0.2) is 89.5 Å². The van der Waals surface area contributed by atoms with E-state index in [1.807, 2.05) is 36.4 Å². The molecule has 3 aromatic carbocycles. The van der Waals surface area contributed by atoms with Gasteiger partial charge in [0.05, 0.1) is 19.9 Å². The zero-order valence-corrected chi connectivity index (χ0v) is 21.2. The van der Waals surface area contributed by atoms with Crippen LogP contribution in [0.4, 0.5) is 14.5 Å². The van der Waals surface area contributed by atoms with Gasteiger partial charge in [-0.1, -0.05) is 30.0 Å². The molecule has 38 heavy (non-hydrogen) atoms. The van der Waals surface area contributed by atoms with E-state index in [1.165, 1.54) is 37.5 Å². The third kappa shape index (κ3) is 6.19. The lowest BCUT2D eigenvalue weighted by Gasteiger charge is -2.09. The van der Waals surface area contributed by atoms with Gasteiger partial charge in [-0.3, -0.25) is 4.79 Å². The molecular formula is C28H22F2N4O3S. The van der Waals surface area contributed by atoms with E-state index < -0.39 is 11.7 Å². The molecule has 0 atom stereocenters. The molecule has 0 saturated heterocycles. The maximum Gasteiger partial charge on any atom is 0.288 e. The second-order valence-corrected chi connectivity index (χ2v) is 8.87. The zero-order chi connectivity index (χ0) is 27.1. The first-order valence-corrected chi connectivity index (χ1v) is 12.1. The van der Waals surface area contributed by atoms with Crippen molar-refractivity contribution in [1.82, 2.24) is 9.78 Å². The molecule has 0 aliphatic heterocycles. The molecule has 0 bridgehead atoms. The number of nitriles is 1. The van der Waals surface area contributed by atoms with Crippen LogP contribution in [-0.4, -0.2) is 35.7 Å². The summed E-state index contributed by atoms with van der Waals surface area (Å²) in [6.07, 6.45) is 3.18. The summed E-state index contributed by atoms with van der Waals surface area (Å²) < 4.78 is 37.5. The maximum absolute atomic E-state index is 12.9. The van der Waals surface area contributed by atoms with Gasteiger partial charge in [-0.2, -0.15) is 19.1 Å². The highest BCUT2D eigenvalue weighted by atomic mass is 32.2. The van der Waals surface area contributed by atoms with Gasteiger partial charge < -0.3 is 14.8 Å². The van der Waals surface area contributed by atoms with E-state index in [1.54, 1.807) is 36.2 Å². The topological polar surface area (TPSA) is 89.2 Å². The Balaban J connectivity index is 1.71. The second kappa shape index (κ2) is 12.1. The third-order valence-corrected chi connectivity index (χ3v) is 6.15. The molecule has 0 radical (unpaired) electrons. The Morgan fingerprint density at radius 2 is 1.76 bits per heavy atom. The van der Waals surface area contributed by atoms with Crippen molar-refractivity contribution in [3.05, 3.63) is 90.1 Å². The Morgan fingerprint density at radius 3 is 2.39 bits per heavy atom. The van der Waals surface area contributed by atoms with E-state index in [0.717, 1.165) is 5.69 Å². The Labute approximate surface area is 222 Å². The number of hydrogen-bond donors (Lipinski definition) is 1. The Kier molecular flexibility index (Phi) is 8.40. The number of alkyl halides is 2. The fourth-order valence-electron chi connectivity index (χ4n) is 3.64. The van der Waals surface area contributed by atoms with Crippen molar-refractivity contribution in [2.24, 2.45) is 0 Å². The monoisotopic (exact) mass is 532 g/mol. The molecule has 0 aliphatic rings. The lowest BCUT2D eigenvalue weighted by molar-refractivity contribution is -0.112. The minimum absolute atomic E-state index is 0.162. The van der Waals surface area contributed by atoms with Crippen molar-refractivity contribution < 1.29 is 23.0 Å². The first-order chi connectivity index (χ1) is 18.4. The summed E-state index contributed by atoms with van der Waals surface area (Å²) in [6, 6.07) is 22.6. The summed E-state index contributed by atoms with van der Waals surface area (Å²) in [6.45, 7) is 0. The Hall–Kier alpha value is -4.62. The van der Waals surface area contributed by atoms with Crippen LogP contribution in [0.5, 0.6) is 11.5 Å². The van der Waals surface area contributed by atoms with E-state index in [4.69, 9.17) is 14.6 Å². The molecule has 192 valence electrons. The number of carbonyl (C=O) groups is 1. The first kappa shape index (κ1) is 26.4. The van der Waals surface area contributed by atoms with Gasteiger partial charge in [0.2, 0.25) is 0 Å². The van der Waals surface area contributed by atoms with E-state index in [-0.39, 0.29) is 5.57 Å². The number of halogens is 2. The normalized spacial score (nSPS) is 11.2. The van der Waals surface area contributed by atoms with Gasteiger partial charge in [-0.05, 0) is 60.7 Å². The highest BCUT2D eigenvalue weighted by Gasteiger charge is 2.17. The minimum atomic E-state index is -2.54. The van der Waals surface area contributed by atoms with Crippen LogP contribution >= 0.6 is 11.8 Å². The largest absolute Gasteiger partial charge is 0.493 e. The number of hydrogen-bond acceptors (Lipinski definition) is 6. The number of amides is 1. The molecule has 0 saturated carbocycles. The van der Waals surface area contributed by atoms with Gasteiger partial charge in [0, 0.05) is 27.9 Å². The number of nitrogens with zero attached hydrogens (tertiary/aromatic N) is 3. The highest BCUT2D eigenvalue weighted by molar-refractivity contribution is 7.99. The average Bonchev–Trinajstić information content (AvgIpc) is 3.36. The van der Waals surface area contributed by atoms with E-state index in [2.05, 4.69) is 5.32 Å². The molecule has 0 unspecified atom stereocenters. The van der Waals surface area contributed by atoms with Crippen molar-refractivity contribution >= 4 is 29.4 Å². The third-order valence-electron chi connectivity index (χ3n) is 5.42. The molecule has 1 N–H and O–H groups in total. The van der Waals surface area contributed by atoms with E-state index >= 15 is 0 Å². The number of ether oxygens (including phenoxy) is 2. The van der Waals surface area contributed by atoms with Gasteiger partial charge >= 0.3 is 0 Å². The first-order valence-electron chi connectivity index (χ1n) is 11.3. The molecule has 0 spiro atoms. The van der Waals surface area contributed by atoms with Crippen molar-refractivity contribution in [3.8, 4) is 34.5 Å². The Morgan fingerprint density at radius 1 is 1.05 bits per heavy atom. The molecule has 1 heterocycles. The highest BCUT2D eigenvalue weighted by Crippen LogP contribution is 2.34. The number of anilines is 1. The van der Waals surface area contributed by atoms with Crippen LogP contribution in [0.25, 0.3) is 23.0 Å². The Bertz CT molecular complexity index is 1500. The van der Waals surface area contributed by atoms with Crippen LogP contribution < -0.4 is 14.8 Å². The molecule has 0 aliphatic carbocycles. The lowest BCUT2D eigenvalue weighted by Crippen LogP contribution is -2.13. The fourth-order valence-corrected chi connectivity index (χ4v) is 4.13. The predicted molar refractivity (Wildman–Crippen MR) is 143 cm³/mol. The second-order valence-electron chi connectivity index (χ2n) is 7.81. The number of benzene rings is 3. The van der Waals surface area contributed by atoms with Crippen LogP contribution in [0, 0.1) is 11.3 Å². The van der Waals surface area contributed by atoms with Gasteiger partial charge in [-0.15, -0.1) is 0 Å². The SMILES string of the molecule is COc1ccc(-c2nn(-c3ccccc3)cc2/C=C(/C#N)C(=O)Nc2ccc(SC(F)F)cc2)cc1OC. The smallest absolute Gasteiger partial charge is 0.288 e. The maximum atomic E-state index is 12.9. The summed E-state index contributed by atoms with van der Waals surface area (Å²) in [5, 5.41) is 17.1. The number of rotatable bonds is 9. The summed E-state index contributed by atoms with van der Waals surface area (Å²) in [5.41, 5.74) is 2.73. The number of thioether (sulfide) groups is 1. The summed E-state index contributed by atoms with van der Waals surface area (Å²) in [5.74, 6) is -2.14. The number of carbonyl (C=O) groups excluding carboxylic acids is 1. The van der Waals surface area contributed by atoms with E-state index in [0.29, 0.717) is 50.7 Å². The quantitative estimate of drug-likeness (QED) is 0.152. The number of methoxy groups -OCH3 is 2. The van der Waals surface area contributed by atoms with E-state index in [9.17, 15) is 18.8 Å². The molecule has 4 rings (SSSR count). The number of nitrogens with one attached hydrogen (secondary N) is 1. The van der Waals surface area contributed by atoms with Crippen molar-refractivity contribution in [2.45, 2.75) is 10.7 Å². The number of aromatic nitrogens is 2. The molecule has 7 nitrogen and oxygen atoms in total. The standard InChI is InChI=1S/C28H22F2N4O3S/c1-36-24-13-8-18(15-25(24)37-2)26-20(17-34(33-26)22-6-4-3-5-7-22)14-19(16-31)27(35)32-21-9-11-23(12-10-21)38-28(29)30/h3-15,17,28H,1-2H3,(H,32,35)/b19-14-. The van der Waals surface area contributed by atoms with Gasteiger partial charge in [0.25, 0.3) is 11.7 Å². The fraction of sp³-hybridized carbons (Fsp3) is 0.107. The van der Waals surface area contributed by atoms with Crippen molar-refractivity contribution in [3.63, 3.8) is 0 Å². The summed E-state index contributed by atoms with van der Waals surface area (Å²) >= 11 is 0.408. The summed E-state index contributed by atoms with van der Waals surface area (Å²) in [4.78, 5) is 13.3. The van der Waals surface area contributed by atoms with Crippen molar-refractivity contribution in [2.75, 3.05) is 19.5 Å². The molecule has 1 aromatic heterocycles. The van der Waals surface area contributed by atoms with Crippen molar-refractivity contribution in [1.29, 1.82) is 5.26 Å². The van der Waals surface area contributed by atoms with Crippen LogP contribution in [0.3, 0.4) is 0 Å². The van der Waals surface area contributed by atoms with Gasteiger partial charge in [-0.25, -0.2) is 4.68 Å². The lowest BCUT2D eigenvalue weighted by atomic mass is 10.1. The number of para-hydroxylation sites is 1. The van der Waals surface area contributed by atoms with Gasteiger partial charge in [0.15, 0.2) is 11.5 Å². The van der Waals surface area contributed by atoms with Crippen LogP contribution in [-0.2, 0) is 4.79 Å². The zero-order valence-electron chi connectivity index (χ0n) is 20.4. The molecule has 4 aromatic rings. The predicted octanol–water partition coefficient (Wildman–Crippen LogP) is 6.42. The van der Waals surface area contributed by atoms with Crippen LogP contribution in [0.2, 0.25) is 0 Å².